The van der Waals surface area contributed by atoms with Crippen molar-refractivity contribution in [3.63, 3.8) is 0 Å². The molecule has 1 heterocycles. The molecule has 0 aliphatic heterocycles. The zero-order valence-electron chi connectivity index (χ0n) is 5.82. The number of aliphatic carboxylic acids is 1. The lowest BCUT2D eigenvalue weighted by molar-refractivity contribution is -0.146. The quantitative estimate of drug-likeness (QED) is 0.575. The van der Waals surface area contributed by atoms with Crippen LogP contribution < -0.4 is 0 Å². The summed E-state index contributed by atoms with van der Waals surface area (Å²) in [5.74, 6) is -1.19. The van der Waals surface area contributed by atoms with Gasteiger partial charge in [0.2, 0.25) is 0 Å². The van der Waals surface area contributed by atoms with Gasteiger partial charge in [0.1, 0.15) is 0 Å². The molecule has 0 radical (unpaired) electrons. The summed E-state index contributed by atoms with van der Waals surface area (Å²) in [6.45, 7) is 0. The van der Waals surface area contributed by atoms with Gasteiger partial charge in [-0.3, -0.25) is 0 Å². The topological polar surface area (TPSA) is 73.3 Å². The Morgan fingerprint density at radius 1 is 1.73 bits per heavy atom. The van der Waals surface area contributed by atoms with Gasteiger partial charge in [0.25, 0.3) is 0 Å². The van der Waals surface area contributed by atoms with Gasteiger partial charge >= 0.3 is 5.97 Å². The highest BCUT2D eigenvalue weighted by Gasteiger charge is 2.13. The minimum atomic E-state index is -1.30. The predicted molar refractivity (Wildman–Crippen MR) is 38.1 cm³/mol. The van der Waals surface area contributed by atoms with Crippen molar-refractivity contribution in [2.45, 2.75) is 12.5 Å². The van der Waals surface area contributed by atoms with Gasteiger partial charge in [-0.05, 0) is 11.6 Å². The summed E-state index contributed by atoms with van der Waals surface area (Å²) >= 11 is 0. The van der Waals surface area contributed by atoms with Crippen LogP contribution in [-0.4, -0.2) is 27.3 Å². The first-order valence-electron chi connectivity index (χ1n) is 3.22. The summed E-state index contributed by atoms with van der Waals surface area (Å²) in [5.41, 5.74) is 0.792. The molecule has 1 unspecified atom stereocenters. The number of rotatable bonds is 3. The average Bonchev–Trinajstić information content (AvgIpc) is 2.39. The van der Waals surface area contributed by atoms with Crippen LogP contribution in [0.1, 0.15) is 5.56 Å². The highest BCUT2D eigenvalue weighted by atomic mass is 16.4. The van der Waals surface area contributed by atoms with E-state index in [1.807, 2.05) is 0 Å². The number of hydrogen-bond donors (Lipinski definition) is 3. The standard InChI is InChI=1S/C7H9NO3/c9-6(7(10)11)3-5-1-2-8-4-5/h1-2,4,6,8-9H,3H2,(H,10,11). The van der Waals surface area contributed by atoms with Gasteiger partial charge in [-0.25, -0.2) is 4.79 Å². The third kappa shape index (κ3) is 2.09. The molecule has 0 amide bonds. The number of aliphatic hydroxyl groups excluding tert-OH is 1. The maximum absolute atomic E-state index is 10.2. The first-order valence-corrected chi connectivity index (χ1v) is 3.22. The van der Waals surface area contributed by atoms with Crippen LogP contribution in [0.4, 0.5) is 0 Å². The van der Waals surface area contributed by atoms with Crippen LogP contribution in [0, 0.1) is 0 Å². The number of H-pyrrole nitrogens is 1. The number of aromatic amines is 1. The molecule has 4 heteroatoms. The van der Waals surface area contributed by atoms with Crippen molar-refractivity contribution in [1.82, 2.24) is 4.98 Å². The van der Waals surface area contributed by atoms with Crippen LogP contribution in [-0.2, 0) is 11.2 Å². The lowest BCUT2D eigenvalue weighted by Gasteiger charge is -2.01. The summed E-state index contributed by atoms with van der Waals surface area (Å²) in [6, 6.07) is 1.73. The Kier molecular flexibility index (Phi) is 2.28. The fraction of sp³-hybridized carbons (Fsp3) is 0.286. The molecule has 1 rings (SSSR count). The molecule has 60 valence electrons. The van der Waals surface area contributed by atoms with E-state index in [0.29, 0.717) is 0 Å². The first kappa shape index (κ1) is 7.81. The molecule has 0 aliphatic carbocycles. The molecule has 4 nitrogen and oxygen atoms in total. The van der Waals surface area contributed by atoms with Crippen LogP contribution in [0.15, 0.2) is 18.5 Å². The molecule has 0 saturated heterocycles. The molecular formula is C7H9NO3. The molecule has 11 heavy (non-hydrogen) atoms. The number of nitrogens with one attached hydrogen (secondary N) is 1. The lowest BCUT2D eigenvalue weighted by atomic mass is 10.1. The van der Waals surface area contributed by atoms with Gasteiger partial charge in [-0.1, -0.05) is 0 Å². The Morgan fingerprint density at radius 3 is 2.91 bits per heavy atom. The van der Waals surface area contributed by atoms with Crippen LogP contribution >= 0.6 is 0 Å². The Morgan fingerprint density at radius 2 is 2.45 bits per heavy atom. The van der Waals surface area contributed by atoms with Crippen molar-refractivity contribution in [1.29, 1.82) is 0 Å². The Labute approximate surface area is 63.5 Å². The molecule has 1 atom stereocenters. The van der Waals surface area contributed by atoms with E-state index in [0.717, 1.165) is 5.56 Å². The highest BCUT2D eigenvalue weighted by Crippen LogP contribution is 2.01. The zero-order valence-corrected chi connectivity index (χ0v) is 5.82. The van der Waals surface area contributed by atoms with Crippen LogP contribution in [0.2, 0.25) is 0 Å². The van der Waals surface area contributed by atoms with Gasteiger partial charge in [-0.15, -0.1) is 0 Å². The summed E-state index contributed by atoms with van der Waals surface area (Å²) in [6.07, 6.45) is 2.19. The van der Waals surface area contributed by atoms with Gasteiger partial charge < -0.3 is 15.2 Å². The van der Waals surface area contributed by atoms with E-state index in [2.05, 4.69) is 4.98 Å². The zero-order chi connectivity index (χ0) is 8.27. The van der Waals surface area contributed by atoms with Crippen LogP contribution in [0.3, 0.4) is 0 Å². The van der Waals surface area contributed by atoms with Gasteiger partial charge in [0.05, 0.1) is 0 Å². The minimum absolute atomic E-state index is 0.152. The fourth-order valence-corrected chi connectivity index (χ4v) is 0.796. The summed E-state index contributed by atoms with van der Waals surface area (Å²) in [5, 5.41) is 17.2. The van der Waals surface area contributed by atoms with E-state index in [1.54, 1.807) is 18.5 Å². The number of carbonyl (C=O) groups is 1. The molecule has 1 aromatic rings. The van der Waals surface area contributed by atoms with Crippen molar-refractivity contribution in [2.24, 2.45) is 0 Å². The van der Waals surface area contributed by atoms with E-state index in [1.165, 1.54) is 0 Å². The molecule has 0 saturated carbocycles. The molecule has 3 N–H and O–H groups in total. The highest BCUT2D eigenvalue weighted by molar-refractivity contribution is 5.72. The second-order valence-electron chi connectivity index (χ2n) is 2.28. The molecule has 0 aliphatic rings. The monoisotopic (exact) mass is 155 g/mol. The molecule has 0 fully saturated rings. The largest absolute Gasteiger partial charge is 0.479 e. The number of carboxylic acids is 1. The summed E-state index contributed by atoms with van der Waals surface area (Å²) in [4.78, 5) is 12.9. The smallest absolute Gasteiger partial charge is 0.332 e. The Hall–Kier alpha value is -1.29. The number of aliphatic hydroxyl groups is 1. The second kappa shape index (κ2) is 3.21. The van der Waals surface area contributed by atoms with E-state index in [4.69, 9.17) is 10.2 Å². The van der Waals surface area contributed by atoms with E-state index < -0.39 is 12.1 Å². The van der Waals surface area contributed by atoms with Gasteiger partial charge in [-0.2, -0.15) is 0 Å². The average molecular weight is 155 g/mol. The van der Waals surface area contributed by atoms with Crippen LogP contribution in [0.25, 0.3) is 0 Å². The third-order valence-electron chi connectivity index (χ3n) is 1.38. The molecule has 0 spiro atoms. The third-order valence-corrected chi connectivity index (χ3v) is 1.38. The van der Waals surface area contributed by atoms with Crippen molar-refractivity contribution in [2.75, 3.05) is 0 Å². The second-order valence-corrected chi connectivity index (χ2v) is 2.28. The molecule has 0 aromatic carbocycles. The normalized spacial score (nSPS) is 12.8. The molecule has 1 aromatic heterocycles. The van der Waals surface area contributed by atoms with Crippen molar-refractivity contribution in [3.8, 4) is 0 Å². The summed E-state index contributed by atoms with van der Waals surface area (Å²) in [7, 11) is 0. The minimum Gasteiger partial charge on any atom is -0.479 e. The van der Waals surface area contributed by atoms with Crippen molar-refractivity contribution >= 4 is 5.97 Å². The van der Waals surface area contributed by atoms with Gasteiger partial charge in [0.15, 0.2) is 6.10 Å². The lowest BCUT2D eigenvalue weighted by Crippen LogP contribution is -2.21. The SMILES string of the molecule is O=C(O)C(O)Cc1cc[nH]c1. The van der Waals surface area contributed by atoms with E-state index in [-0.39, 0.29) is 6.42 Å². The maximum atomic E-state index is 10.2. The Bertz CT molecular complexity index is 230. The maximum Gasteiger partial charge on any atom is 0.332 e. The molecule has 0 bridgehead atoms. The van der Waals surface area contributed by atoms with Crippen molar-refractivity contribution < 1.29 is 15.0 Å². The van der Waals surface area contributed by atoms with Crippen molar-refractivity contribution in [3.05, 3.63) is 24.0 Å². The van der Waals surface area contributed by atoms with Crippen LogP contribution in [0.5, 0.6) is 0 Å². The molecular weight excluding hydrogens is 146 g/mol. The summed E-state index contributed by atoms with van der Waals surface area (Å²) < 4.78 is 0. The van der Waals surface area contributed by atoms with E-state index >= 15 is 0 Å². The Balaban J connectivity index is 2.50. The number of carboxylic acid groups (broad SMARTS) is 1. The van der Waals surface area contributed by atoms with E-state index in [9.17, 15) is 4.79 Å². The number of hydrogen-bond acceptors (Lipinski definition) is 2. The van der Waals surface area contributed by atoms with Gasteiger partial charge in [0, 0.05) is 18.8 Å². The first-order chi connectivity index (χ1) is 5.20. The fourth-order valence-electron chi connectivity index (χ4n) is 0.796. The predicted octanol–water partition coefficient (Wildman–Crippen LogP) is 0.00270. The number of aromatic nitrogens is 1.